The Morgan fingerprint density at radius 2 is 1.80 bits per heavy atom. The number of benzene rings is 2. The van der Waals surface area contributed by atoms with Gasteiger partial charge in [-0.2, -0.15) is 0 Å². The molecule has 0 heterocycles. The molecule has 1 aliphatic rings. The van der Waals surface area contributed by atoms with Crippen LogP contribution in [0, 0.1) is 5.92 Å². The first-order chi connectivity index (χ1) is 9.79. The van der Waals surface area contributed by atoms with Crippen molar-refractivity contribution in [1.29, 1.82) is 0 Å². The number of hydrogen-bond acceptors (Lipinski definition) is 1. The monoisotopic (exact) mass is 331 g/mol. The summed E-state index contributed by atoms with van der Waals surface area (Å²) < 4.78 is 1.19. The normalized spacial score (nSPS) is 17.7. The van der Waals surface area contributed by atoms with Crippen molar-refractivity contribution in [3.05, 3.63) is 46.4 Å². The van der Waals surface area contributed by atoms with Crippen LogP contribution in [0.15, 0.2) is 40.9 Å². The zero-order valence-corrected chi connectivity index (χ0v) is 13.6. The Bertz CT molecular complexity index is 587. The molecule has 1 aliphatic carbocycles. The Labute approximate surface area is 129 Å². The Kier molecular flexibility index (Phi) is 4.42. The van der Waals surface area contributed by atoms with Crippen molar-refractivity contribution in [2.75, 3.05) is 7.05 Å². The average Bonchev–Trinajstić information content (AvgIpc) is 2.99. The van der Waals surface area contributed by atoms with Crippen molar-refractivity contribution in [1.82, 2.24) is 5.32 Å². The minimum absolute atomic E-state index is 0.469. The first kappa shape index (κ1) is 14.1. The highest BCUT2D eigenvalue weighted by molar-refractivity contribution is 9.10. The molecule has 1 nitrogen and oxygen atoms in total. The number of hydrogen-bond donors (Lipinski definition) is 1. The third-order valence-electron chi connectivity index (χ3n) is 4.67. The molecule has 0 bridgehead atoms. The van der Waals surface area contributed by atoms with Gasteiger partial charge in [-0.1, -0.05) is 71.9 Å². The van der Waals surface area contributed by atoms with Gasteiger partial charge >= 0.3 is 0 Å². The van der Waals surface area contributed by atoms with Crippen molar-refractivity contribution in [3.8, 4) is 0 Å². The molecule has 0 saturated heterocycles. The SMILES string of the molecule is CNC(CC1CCCC1)c1ccc(Br)c2ccccc12. The third-order valence-corrected chi connectivity index (χ3v) is 5.36. The first-order valence-corrected chi connectivity index (χ1v) is 8.43. The minimum atomic E-state index is 0.469. The van der Waals surface area contributed by atoms with Crippen molar-refractivity contribution < 1.29 is 0 Å². The van der Waals surface area contributed by atoms with Gasteiger partial charge in [-0.3, -0.25) is 0 Å². The second kappa shape index (κ2) is 6.28. The lowest BCUT2D eigenvalue weighted by atomic mass is 9.91. The molecule has 0 aliphatic heterocycles. The number of nitrogens with one attached hydrogen (secondary N) is 1. The van der Waals surface area contributed by atoms with Gasteiger partial charge in [0.05, 0.1) is 0 Å². The summed E-state index contributed by atoms with van der Waals surface area (Å²) in [6, 6.07) is 13.6. The second-order valence-corrected chi connectivity index (χ2v) is 6.76. The summed E-state index contributed by atoms with van der Waals surface area (Å²) in [4.78, 5) is 0. The standard InChI is InChI=1S/C18H22BrN/c1-20-18(12-13-6-2-3-7-13)16-10-11-17(19)15-9-5-4-8-14(15)16/h4-5,8-11,13,18,20H,2-3,6-7,12H2,1H3. The van der Waals surface area contributed by atoms with Crippen molar-refractivity contribution in [2.24, 2.45) is 5.92 Å². The fourth-order valence-electron chi connectivity index (χ4n) is 3.57. The fourth-order valence-corrected chi connectivity index (χ4v) is 4.05. The van der Waals surface area contributed by atoms with E-state index in [1.165, 1.54) is 52.9 Å². The van der Waals surface area contributed by atoms with Crippen LogP contribution in [-0.4, -0.2) is 7.05 Å². The van der Waals surface area contributed by atoms with Crippen molar-refractivity contribution >= 4 is 26.7 Å². The Hall–Kier alpha value is -0.860. The first-order valence-electron chi connectivity index (χ1n) is 7.64. The fraction of sp³-hybridized carbons (Fsp3) is 0.444. The van der Waals surface area contributed by atoms with E-state index in [9.17, 15) is 0 Å². The molecule has 2 aromatic rings. The molecule has 0 aromatic heterocycles. The predicted molar refractivity (Wildman–Crippen MR) is 90.0 cm³/mol. The van der Waals surface area contributed by atoms with Gasteiger partial charge in [0, 0.05) is 10.5 Å². The highest BCUT2D eigenvalue weighted by Crippen LogP contribution is 2.36. The highest BCUT2D eigenvalue weighted by atomic mass is 79.9. The van der Waals surface area contributed by atoms with E-state index in [0.29, 0.717) is 6.04 Å². The van der Waals surface area contributed by atoms with Crippen LogP contribution in [0.1, 0.15) is 43.7 Å². The molecule has 3 rings (SSSR count). The smallest absolute Gasteiger partial charge is 0.0326 e. The van der Waals surface area contributed by atoms with E-state index in [-0.39, 0.29) is 0 Å². The molecular weight excluding hydrogens is 310 g/mol. The van der Waals surface area contributed by atoms with E-state index in [4.69, 9.17) is 0 Å². The van der Waals surface area contributed by atoms with Crippen molar-refractivity contribution in [3.63, 3.8) is 0 Å². The Morgan fingerprint density at radius 1 is 1.10 bits per heavy atom. The summed E-state index contributed by atoms with van der Waals surface area (Å²) >= 11 is 3.67. The molecule has 1 fully saturated rings. The maximum Gasteiger partial charge on any atom is 0.0326 e. The van der Waals surface area contributed by atoms with Gasteiger partial charge in [-0.05, 0) is 41.8 Å². The van der Waals surface area contributed by atoms with Gasteiger partial charge < -0.3 is 5.32 Å². The van der Waals surface area contributed by atoms with E-state index < -0.39 is 0 Å². The van der Waals surface area contributed by atoms with Crippen LogP contribution in [0.4, 0.5) is 0 Å². The van der Waals surface area contributed by atoms with Crippen molar-refractivity contribution in [2.45, 2.75) is 38.1 Å². The number of fused-ring (bicyclic) bond motifs is 1. The topological polar surface area (TPSA) is 12.0 Å². The third kappa shape index (κ3) is 2.77. The molecule has 1 unspecified atom stereocenters. The van der Waals surface area contributed by atoms with Gasteiger partial charge in [-0.25, -0.2) is 0 Å². The zero-order valence-electron chi connectivity index (χ0n) is 12.0. The summed E-state index contributed by atoms with van der Waals surface area (Å²) in [7, 11) is 2.09. The maximum absolute atomic E-state index is 3.67. The van der Waals surface area contributed by atoms with Gasteiger partial charge in [0.15, 0.2) is 0 Å². The lowest BCUT2D eigenvalue weighted by Crippen LogP contribution is -2.19. The van der Waals surface area contributed by atoms with E-state index >= 15 is 0 Å². The molecule has 1 saturated carbocycles. The van der Waals surface area contributed by atoms with Crippen LogP contribution in [0.5, 0.6) is 0 Å². The van der Waals surface area contributed by atoms with E-state index in [1.54, 1.807) is 0 Å². The summed E-state index contributed by atoms with van der Waals surface area (Å²) in [5.74, 6) is 0.898. The molecular formula is C18H22BrN. The van der Waals surface area contributed by atoms with Crippen LogP contribution in [0.25, 0.3) is 10.8 Å². The van der Waals surface area contributed by atoms with Crippen LogP contribution >= 0.6 is 15.9 Å². The lowest BCUT2D eigenvalue weighted by Gasteiger charge is -2.22. The quantitative estimate of drug-likeness (QED) is 0.786. The lowest BCUT2D eigenvalue weighted by molar-refractivity contribution is 0.415. The van der Waals surface area contributed by atoms with Gasteiger partial charge in [0.25, 0.3) is 0 Å². The van der Waals surface area contributed by atoms with E-state index in [1.807, 2.05) is 0 Å². The Balaban J connectivity index is 1.96. The molecule has 0 spiro atoms. The van der Waals surface area contributed by atoms with Gasteiger partial charge in [0.1, 0.15) is 0 Å². The summed E-state index contributed by atoms with van der Waals surface area (Å²) in [5, 5.41) is 6.23. The highest BCUT2D eigenvalue weighted by Gasteiger charge is 2.21. The zero-order chi connectivity index (χ0) is 13.9. The van der Waals surface area contributed by atoms with Crippen LogP contribution < -0.4 is 5.32 Å². The van der Waals surface area contributed by atoms with Crippen LogP contribution in [0.3, 0.4) is 0 Å². The van der Waals surface area contributed by atoms with E-state index in [2.05, 4.69) is 64.7 Å². The van der Waals surface area contributed by atoms with E-state index in [0.717, 1.165) is 5.92 Å². The molecule has 1 atom stereocenters. The minimum Gasteiger partial charge on any atom is -0.313 e. The molecule has 2 heteroatoms. The molecule has 106 valence electrons. The summed E-state index contributed by atoms with van der Waals surface area (Å²) in [6.45, 7) is 0. The van der Waals surface area contributed by atoms with Crippen LogP contribution in [-0.2, 0) is 0 Å². The van der Waals surface area contributed by atoms with Crippen LogP contribution in [0.2, 0.25) is 0 Å². The summed E-state index contributed by atoms with van der Waals surface area (Å²) in [5.41, 5.74) is 1.44. The van der Waals surface area contributed by atoms with Gasteiger partial charge in [0.2, 0.25) is 0 Å². The van der Waals surface area contributed by atoms with Gasteiger partial charge in [-0.15, -0.1) is 0 Å². The maximum atomic E-state index is 3.67. The molecule has 20 heavy (non-hydrogen) atoms. The molecule has 1 N–H and O–H groups in total. The molecule has 0 radical (unpaired) electrons. The largest absolute Gasteiger partial charge is 0.313 e. The average molecular weight is 332 g/mol. The number of halogens is 1. The number of rotatable bonds is 4. The molecule has 2 aromatic carbocycles. The Morgan fingerprint density at radius 3 is 2.50 bits per heavy atom. The predicted octanol–water partition coefficient (Wildman–Crippen LogP) is 5.44. The summed E-state index contributed by atoms with van der Waals surface area (Å²) in [6.07, 6.45) is 6.92. The second-order valence-electron chi connectivity index (χ2n) is 5.91. The molecule has 0 amide bonds.